The summed E-state index contributed by atoms with van der Waals surface area (Å²) in [5.74, 6) is -2.94. The number of carbonyl (C=O) groups excluding carboxylic acids is 2. The molecule has 1 saturated carbocycles. The first-order chi connectivity index (χ1) is 15.2. The molecular weight excluding hydrogens is 450 g/mol. The van der Waals surface area contributed by atoms with Crippen molar-refractivity contribution in [2.24, 2.45) is 5.92 Å². The summed E-state index contributed by atoms with van der Waals surface area (Å²) in [5.41, 5.74) is 0. The van der Waals surface area contributed by atoms with Crippen molar-refractivity contribution in [3.05, 3.63) is 0 Å². The number of carbonyl (C=O) groups is 2. The number of esters is 2. The van der Waals surface area contributed by atoms with Crippen LogP contribution in [0.4, 0.5) is 0 Å². The predicted molar refractivity (Wildman–Crippen MR) is 106 cm³/mol. The van der Waals surface area contributed by atoms with Crippen molar-refractivity contribution in [3.63, 3.8) is 0 Å². The van der Waals surface area contributed by atoms with Crippen LogP contribution in [0.3, 0.4) is 0 Å². The van der Waals surface area contributed by atoms with Gasteiger partial charge in [0.1, 0.15) is 24.4 Å². The summed E-state index contributed by atoms with van der Waals surface area (Å²) in [6, 6.07) is 0.138. The van der Waals surface area contributed by atoms with Gasteiger partial charge in [0.15, 0.2) is 6.29 Å². The lowest BCUT2D eigenvalue weighted by Gasteiger charge is -2.40. The van der Waals surface area contributed by atoms with E-state index in [9.17, 15) is 30.0 Å². The predicted octanol–water partition coefficient (Wildman–Crippen LogP) is -1.13. The van der Waals surface area contributed by atoms with Crippen LogP contribution in [-0.2, 0) is 28.5 Å². The number of rotatable bonds is 6. The average Bonchev–Trinajstić information content (AvgIpc) is 3.12. The summed E-state index contributed by atoms with van der Waals surface area (Å²) in [7, 11) is 0. The number of aliphatic hydroxyl groups is 4. The van der Waals surface area contributed by atoms with Gasteiger partial charge in [-0.1, -0.05) is 24.4 Å². The third-order valence-electron chi connectivity index (χ3n) is 6.80. The maximum atomic E-state index is 12.7. The number of alkyl halides is 1. The first-order valence-electron chi connectivity index (χ1n) is 11.0. The van der Waals surface area contributed by atoms with Gasteiger partial charge in [0, 0.05) is 19.1 Å². The van der Waals surface area contributed by atoms with Crippen molar-refractivity contribution in [1.82, 2.24) is 5.32 Å². The van der Waals surface area contributed by atoms with Crippen LogP contribution >= 0.6 is 11.6 Å². The molecule has 0 aromatic carbocycles. The van der Waals surface area contributed by atoms with Crippen LogP contribution in [-0.4, -0.2) is 93.1 Å². The van der Waals surface area contributed by atoms with Crippen molar-refractivity contribution in [2.75, 3.05) is 13.2 Å². The van der Waals surface area contributed by atoms with E-state index in [-0.39, 0.29) is 31.4 Å². The first kappa shape index (κ1) is 24.1. The van der Waals surface area contributed by atoms with Crippen molar-refractivity contribution >= 4 is 23.5 Å². The third kappa shape index (κ3) is 4.37. The molecule has 7 atom stereocenters. The molecule has 4 aliphatic rings. The average molecular weight is 480 g/mol. The molecule has 11 nitrogen and oxygen atoms in total. The number of hydrogen-bond acceptors (Lipinski definition) is 11. The van der Waals surface area contributed by atoms with Gasteiger partial charge < -0.3 is 39.4 Å². The molecule has 0 radical (unpaired) electrons. The summed E-state index contributed by atoms with van der Waals surface area (Å²) in [6.45, 7) is -0.671. The number of fused-ring (bicyclic) bond motifs is 1. The maximum Gasteiger partial charge on any atom is 0.343 e. The highest BCUT2D eigenvalue weighted by Crippen LogP contribution is 2.44. The number of ether oxygens (including phenoxy) is 4. The highest BCUT2D eigenvalue weighted by atomic mass is 35.5. The molecule has 1 aliphatic carbocycles. The van der Waals surface area contributed by atoms with Gasteiger partial charge in [0.2, 0.25) is 4.87 Å². The zero-order valence-electron chi connectivity index (χ0n) is 17.5. The molecule has 1 unspecified atom stereocenters. The lowest BCUT2D eigenvalue weighted by Crippen LogP contribution is -2.62. The van der Waals surface area contributed by atoms with Gasteiger partial charge in [-0.05, 0) is 31.6 Å². The van der Waals surface area contributed by atoms with Crippen LogP contribution in [0.2, 0.25) is 0 Å². The highest BCUT2D eigenvalue weighted by molar-refractivity contribution is 6.45. The smallest absolute Gasteiger partial charge is 0.343 e. The molecule has 4 rings (SSSR count). The summed E-state index contributed by atoms with van der Waals surface area (Å²) in [4.78, 5) is 23.4. The largest absolute Gasteiger partial charge is 0.407 e. The summed E-state index contributed by atoms with van der Waals surface area (Å²) >= 11 is 6.31. The summed E-state index contributed by atoms with van der Waals surface area (Å²) in [6.07, 6.45) is -2.56. The summed E-state index contributed by atoms with van der Waals surface area (Å²) < 4.78 is 21.6. The third-order valence-corrected chi connectivity index (χ3v) is 7.30. The normalized spacial score (nSPS) is 46.6. The van der Waals surface area contributed by atoms with Gasteiger partial charge in [-0.25, -0.2) is 14.9 Å². The number of halogens is 1. The van der Waals surface area contributed by atoms with Crippen molar-refractivity contribution < 1.29 is 49.0 Å². The Hall–Kier alpha value is -1.05. The Morgan fingerprint density at radius 1 is 1.06 bits per heavy atom. The van der Waals surface area contributed by atoms with Gasteiger partial charge in [-0.2, -0.15) is 0 Å². The SMILES string of the molecule is O=C1OC2(C[C@@H]3CCCC[C@H]3N2)OC(=O)C1(Cl)CCCOC1O[C@H](CO)[C@@H](O)[C@H](O)[C@H]1O. The van der Waals surface area contributed by atoms with Crippen molar-refractivity contribution in [3.8, 4) is 0 Å². The standard InChI is InChI=1S/C20H30ClNO10/c21-19(6-3-7-29-16-15(26)14(25)13(24)12(9-23)30-16)17(27)31-20(32-18(19)28)8-10-4-1-2-5-11(10)22-20/h10-16,22-26H,1-9H2/t10-,11+,12+,13+,14-,15+,16?,19?,20?/m0/s1. The van der Waals surface area contributed by atoms with Crippen LogP contribution in [0.1, 0.15) is 44.9 Å². The van der Waals surface area contributed by atoms with Gasteiger partial charge >= 0.3 is 17.8 Å². The van der Waals surface area contributed by atoms with Crippen LogP contribution in [0.25, 0.3) is 0 Å². The maximum absolute atomic E-state index is 12.7. The first-order valence-corrected chi connectivity index (χ1v) is 11.4. The van der Waals surface area contributed by atoms with E-state index >= 15 is 0 Å². The number of aliphatic hydroxyl groups excluding tert-OH is 4. The lowest BCUT2D eigenvalue weighted by molar-refractivity contribution is -0.301. The van der Waals surface area contributed by atoms with Gasteiger partial charge in [-0.15, -0.1) is 0 Å². The molecule has 1 spiro atoms. The Bertz CT molecular complexity index is 686. The van der Waals surface area contributed by atoms with E-state index in [1.54, 1.807) is 0 Å². The molecule has 5 N–H and O–H groups in total. The Balaban J connectivity index is 1.29. The number of hydrogen-bond donors (Lipinski definition) is 5. The second-order valence-electron chi connectivity index (χ2n) is 9.00. The molecule has 12 heteroatoms. The minimum absolute atomic E-state index is 0.0920. The molecular formula is C20H30ClNO10. The molecule has 0 aromatic heterocycles. The minimum Gasteiger partial charge on any atom is -0.407 e. The zero-order chi connectivity index (χ0) is 23.1. The van der Waals surface area contributed by atoms with E-state index in [1.807, 2.05) is 0 Å². The fraction of sp³-hybridized carbons (Fsp3) is 0.900. The Labute approximate surface area is 189 Å². The fourth-order valence-corrected chi connectivity index (χ4v) is 5.17. The molecule has 3 saturated heterocycles. The van der Waals surface area contributed by atoms with Crippen LogP contribution in [0, 0.1) is 5.92 Å². The zero-order valence-corrected chi connectivity index (χ0v) is 18.3. The van der Waals surface area contributed by atoms with Gasteiger partial charge in [0.05, 0.1) is 6.61 Å². The second kappa shape index (κ2) is 9.30. The van der Waals surface area contributed by atoms with E-state index in [1.165, 1.54) is 0 Å². The molecule has 0 bridgehead atoms. The van der Waals surface area contributed by atoms with E-state index in [0.717, 1.165) is 25.7 Å². The topological polar surface area (TPSA) is 164 Å². The van der Waals surface area contributed by atoms with Crippen LogP contribution in [0.5, 0.6) is 0 Å². The Morgan fingerprint density at radius 2 is 1.75 bits per heavy atom. The molecule has 0 aromatic rings. The van der Waals surface area contributed by atoms with E-state index < -0.39 is 60.0 Å². The molecule has 3 heterocycles. The monoisotopic (exact) mass is 479 g/mol. The molecule has 0 amide bonds. The van der Waals surface area contributed by atoms with Crippen molar-refractivity contribution in [2.45, 2.75) is 92.5 Å². The van der Waals surface area contributed by atoms with Gasteiger partial charge in [-0.3, -0.25) is 0 Å². The Kier molecular flexibility index (Phi) is 7.00. The van der Waals surface area contributed by atoms with Crippen LogP contribution < -0.4 is 5.32 Å². The Morgan fingerprint density at radius 3 is 2.41 bits per heavy atom. The number of nitrogens with one attached hydrogen (secondary N) is 1. The molecule has 4 fully saturated rings. The van der Waals surface area contributed by atoms with E-state index in [4.69, 9.17) is 30.5 Å². The van der Waals surface area contributed by atoms with Crippen LogP contribution in [0.15, 0.2) is 0 Å². The summed E-state index contributed by atoms with van der Waals surface area (Å²) in [5, 5.41) is 41.9. The van der Waals surface area contributed by atoms with Gasteiger partial charge in [0.25, 0.3) is 0 Å². The van der Waals surface area contributed by atoms with E-state index in [0.29, 0.717) is 6.42 Å². The minimum atomic E-state index is -2.01. The molecule has 32 heavy (non-hydrogen) atoms. The second-order valence-corrected chi connectivity index (χ2v) is 9.65. The molecule has 182 valence electrons. The van der Waals surface area contributed by atoms with Crippen molar-refractivity contribution in [1.29, 1.82) is 0 Å². The fourth-order valence-electron chi connectivity index (χ4n) is 4.96. The lowest BCUT2D eigenvalue weighted by atomic mass is 9.85. The molecule has 3 aliphatic heterocycles. The quantitative estimate of drug-likeness (QED) is 0.135. The van der Waals surface area contributed by atoms with E-state index in [2.05, 4.69) is 5.32 Å². The highest BCUT2D eigenvalue weighted by Gasteiger charge is 2.61.